The first kappa shape index (κ1) is 17.6. The minimum atomic E-state index is -0.505. The maximum absolute atomic E-state index is 12.5. The summed E-state index contributed by atoms with van der Waals surface area (Å²) in [6, 6.07) is 14.4. The topological polar surface area (TPSA) is 29.5 Å². The second-order valence-corrected chi connectivity index (χ2v) is 6.96. The maximum Gasteiger partial charge on any atom is 0.410 e. The highest BCUT2D eigenvalue weighted by Crippen LogP contribution is 2.21. The fourth-order valence-electron chi connectivity index (χ4n) is 2.45. The van der Waals surface area contributed by atoms with Crippen LogP contribution < -0.4 is 0 Å². The predicted octanol–water partition coefficient (Wildman–Crippen LogP) is 5.21. The number of carbonyl (C=O) groups is 1. The van der Waals surface area contributed by atoms with E-state index in [1.54, 1.807) is 4.90 Å². The largest absolute Gasteiger partial charge is 0.444 e. The van der Waals surface area contributed by atoms with Gasteiger partial charge in [0, 0.05) is 19.0 Å². The van der Waals surface area contributed by atoms with Crippen molar-refractivity contribution in [1.82, 2.24) is 4.90 Å². The second-order valence-electron chi connectivity index (χ2n) is 6.58. The SMILES string of the molecule is CC(C)(C)OC(=O)N(CCCCl)Cc1cccc2ccccc12. The molecular formula is C19H24ClNO2. The van der Waals surface area contributed by atoms with Crippen LogP contribution in [0.2, 0.25) is 0 Å². The number of hydrogen-bond donors (Lipinski definition) is 0. The van der Waals surface area contributed by atoms with E-state index in [0.29, 0.717) is 19.0 Å². The van der Waals surface area contributed by atoms with Crippen molar-refractivity contribution < 1.29 is 9.53 Å². The molecule has 0 aliphatic carbocycles. The smallest absolute Gasteiger partial charge is 0.410 e. The Labute approximate surface area is 143 Å². The van der Waals surface area contributed by atoms with Gasteiger partial charge >= 0.3 is 6.09 Å². The summed E-state index contributed by atoms with van der Waals surface area (Å²) in [4.78, 5) is 14.2. The molecule has 0 bridgehead atoms. The third-order valence-corrected chi connectivity index (χ3v) is 3.72. The minimum Gasteiger partial charge on any atom is -0.444 e. The highest BCUT2D eigenvalue weighted by molar-refractivity contribution is 6.17. The number of nitrogens with zero attached hydrogens (tertiary/aromatic N) is 1. The highest BCUT2D eigenvalue weighted by atomic mass is 35.5. The first-order valence-corrected chi connectivity index (χ1v) is 8.45. The molecule has 0 saturated carbocycles. The molecule has 0 radical (unpaired) electrons. The van der Waals surface area contributed by atoms with E-state index in [9.17, 15) is 4.79 Å². The van der Waals surface area contributed by atoms with Crippen molar-refractivity contribution >= 4 is 28.5 Å². The monoisotopic (exact) mass is 333 g/mol. The first-order chi connectivity index (χ1) is 10.9. The Balaban J connectivity index is 2.24. The van der Waals surface area contributed by atoms with Gasteiger partial charge in [0.1, 0.15) is 5.60 Å². The van der Waals surface area contributed by atoms with Crippen molar-refractivity contribution in [3.63, 3.8) is 0 Å². The Hall–Kier alpha value is -1.74. The zero-order valence-electron chi connectivity index (χ0n) is 14.0. The van der Waals surface area contributed by atoms with Crippen LogP contribution in [0.15, 0.2) is 42.5 Å². The lowest BCUT2D eigenvalue weighted by Crippen LogP contribution is -2.37. The molecule has 0 saturated heterocycles. The normalized spacial score (nSPS) is 11.5. The summed E-state index contributed by atoms with van der Waals surface area (Å²) in [6.45, 7) is 6.74. The van der Waals surface area contributed by atoms with Crippen LogP contribution in [0.25, 0.3) is 10.8 Å². The Morgan fingerprint density at radius 3 is 2.52 bits per heavy atom. The van der Waals surface area contributed by atoms with Crippen LogP contribution in [0.4, 0.5) is 4.79 Å². The van der Waals surface area contributed by atoms with Crippen LogP contribution in [0.1, 0.15) is 32.8 Å². The van der Waals surface area contributed by atoms with Gasteiger partial charge in [-0.3, -0.25) is 0 Å². The van der Waals surface area contributed by atoms with Crippen molar-refractivity contribution in [2.45, 2.75) is 39.3 Å². The van der Waals surface area contributed by atoms with Crippen LogP contribution in [0, 0.1) is 0 Å². The summed E-state index contributed by atoms with van der Waals surface area (Å²) >= 11 is 5.80. The lowest BCUT2D eigenvalue weighted by molar-refractivity contribution is 0.0235. The standard InChI is InChI=1S/C19H24ClNO2/c1-19(2,3)23-18(22)21(13-7-12-20)14-16-10-6-9-15-8-4-5-11-17(15)16/h4-6,8-11H,7,12-14H2,1-3H3. The van der Waals surface area contributed by atoms with Crippen LogP contribution in [0.5, 0.6) is 0 Å². The lowest BCUT2D eigenvalue weighted by Gasteiger charge is -2.27. The summed E-state index contributed by atoms with van der Waals surface area (Å²) in [5.41, 5.74) is 0.609. The number of carbonyl (C=O) groups excluding carboxylic acids is 1. The molecule has 23 heavy (non-hydrogen) atoms. The average Bonchev–Trinajstić information content (AvgIpc) is 2.49. The fourth-order valence-corrected chi connectivity index (χ4v) is 2.57. The van der Waals surface area contributed by atoms with Gasteiger partial charge in [0.15, 0.2) is 0 Å². The van der Waals surface area contributed by atoms with Gasteiger partial charge in [0.2, 0.25) is 0 Å². The van der Waals surface area contributed by atoms with E-state index < -0.39 is 5.60 Å². The van der Waals surface area contributed by atoms with Crippen LogP contribution in [0.3, 0.4) is 0 Å². The van der Waals surface area contributed by atoms with E-state index >= 15 is 0 Å². The van der Waals surface area contributed by atoms with Gasteiger partial charge in [0.25, 0.3) is 0 Å². The summed E-state index contributed by atoms with van der Waals surface area (Å²) in [6.07, 6.45) is 0.446. The van der Waals surface area contributed by atoms with Crippen molar-refractivity contribution in [3.8, 4) is 0 Å². The molecule has 2 rings (SSSR count). The van der Waals surface area contributed by atoms with Gasteiger partial charge in [-0.15, -0.1) is 11.6 Å². The number of amides is 1. The van der Waals surface area contributed by atoms with E-state index in [0.717, 1.165) is 17.4 Å². The molecule has 0 atom stereocenters. The molecule has 2 aromatic carbocycles. The van der Waals surface area contributed by atoms with E-state index in [1.807, 2.05) is 39.0 Å². The summed E-state index contributed by atoms with van der Waals surface area (Å²) in [5, 5.41) is 2.33. The fraction of sp³-hybridized carbons (Fsp3) is 0.421. The van der Waals surface area contributed by atoms with Crippen molar-refractivity contribution in [2.75, 3.05) is 12.4 Å². The number of halogens is 1. The van der Waals surface area contributed by atoms with Crippen molar-refractivity contribution in [3.05, 3.63) is 48.0 Å². The Bertz CT molecular complexity index is 658. The molecule has 2 aromatic rings. The molecule has 3 nitrogen and oxygen atoms in total. The first-order valence-electron chi connectivity index (χ1n) is 7.91. The van der Waals surface area contributed by atoms with Crippen molar-refractivity contribution in [2.24, 2.45) is 0 Å². The zero-order valence-corrected chi connectivity index (χ0v) is 14.8. The predicted molar refractivity (Wildman–Crippen MR) is 95.9 cm³/mol. The second kappa shape index (κ2) is 7.69. The molecule has 0 heterocycles. The number of ether oxygens (including phenoxy) is 1. The maximum atomic E-state index is 12.5. The van der Waals surface area contributed by atoms with Gasteiger partial charge < -0.3 is 9.64 Å². The lowest BCUT2D eigenvalue weighted by atomic mass is 10.0. The Kier molecular flexibility index (Phi) is 5.89. The number of alkyl halides is 1. The van der Waals surface area contributed by atoms with Gasteiger partial charge in [-0.1, -0.05) is 42.5 Å². The summed E-state index contributed by atoms with van der Waals surface area (Å²) in [5.74, 6) is 0.523. The number of fused-ring (bicyclic) bond motifs is 1. The molecule has 4 heteroatoms. The van der Waals surface area contributed by atoms with Crippen LogP contribution >= 0.6 is 11.6 Å². The minimum absolute atomic E-state index is 0.296. The molecule has 0 spiro atoms. The van der Waals surface area contributed by atoms with Crippen molar-refractivity contribution in [1.29, 1.82) is 0 Å². The van der Waals surface area contributed by atoms with E-state index in [-0.39, 0.29) is 6.09 Å². The molecule has 0 aromatic heterocycles. The van der Waals surface area contributed by atoms with Crippen LogP contribution in [-0.2, 0) is 11.3 Å². The highest BCUT2D eigenvalue weighted by Gasteiger charge is 2.22. The van der Waals surface area contributed by atoms with Gasteiger partial charge in [-0.25, -0.2) is 4.79 Å². The molecular weight excluding hydrogens is 310 g/mol. The van der Waals surface area contributed by atoms with Gasteiger partial charge in [-0.2, -0.15) is 0 Å². The number of hydrogen-bond acceptors (Lipinski definition) is 2. The molecule has 1 amide bonds. The third-order valence-electron chi connectivity index (χ3n) is 3.45. The average molecular weight is 334 g/mol. The summed E-state index contributed by atoms with van der Waals surface area (Å²) in [7, 11) is 0. The Morgan fingerprint density at radius 1 is 1.13 bits per heavy atom. The molecule has 0 aliphatic rings. The van der Waals surface area contributed by atoms with E-state index in [1.165, 1.54) is 5.39 Å². The Morgan fingerprint density at radius 2 is 1.83 bits per heavy atom. The van der Waals surface area contributed by atoms with Crippen LogP contribution in [-0.4, -0.2) is 29.0 Å². The van der Waals surface area contributed by atoms with Gasteiger partial charge in [0.05, 0.1) is 0 Å². The van der Waals surface area contributed by atoms with Gasteiger partial charge in [-0.05, 0) is 43.5 Å². The molecule has 0 unspecified atom stereocenters. The molecule has 124 valence electrons. The molecule has 0 aliphatic heterocycles. The molecule has 0 N–H and O–H groups in total. The van der Waals surface area contributed by atoms with E-state index in [2.05, 4.69) is 24.3 Å². The van der Waals surface area contributed by atoms with E-state index in [4.69, 9.17) is 16.3 Å². The quantitative estimate of drug-likeness (QED) is 0.703. The molecule has 0 fully saturated rings. The summed E-state index contributed by atoms with van der Waals surface area (Å²) < 4.78 is 5.53. The number of benzene rings is 2. The zero-order chi connectivity index (χ0) is 16.9. The third kappa shape index (κ3) is 5.14. The number of rotatable bonds is 5.